The summed E-state index contributed by atoms with van der Waals surface area (Å²) in [5.74, 6) is -1.35. The van der Waals surface area contributed by atoms with Gasteiger partial charge in [0.2, 0.25) is 0 Å². The number of hydrogen-bond donors (Lipinski definition) is 1. The highest BCUT2D eigenvalue weighted by Gasteiger charge is 2.60. The van der Waals surface area contributed by atoms with E-state index < -0.39 is 45.7 Å². The summed E-state index contributed by atoms with van der Waals surface area (Å²) in [5.41, 5.74) is -5.37. The van der Waals surface area contributed by atoms with Crippen LogP contribution in [-0.2, 0) is 47.6 Å². The Labute approximate surface area is 366 Å². The molecule has 4 saturated carbocycles. The number of ketones is 1. The number of hydrogen-bond acceptors (Lipinski definition) is 11. The molecule has 7 rings (SSSR count). The Balaban J connectivity index is 1.14. The van der Waals surface area contributed by atoms with Crippen LogP contribution in [0.2, 0.25) is 0 Å². The van der Waals surface area contributed by atoms with Gasteiger partial charge in [0, 0.05) is 30.1 Å². The van der Waals surface area contributed by atoms with Gasteiger partial charge in [0.1, 0.15) is 22.6 Å². The van der Waals surface area contributed by atoms with E-state index in [9.17, 15) is 24.3 Å². The highest BCUT2D eigenvalue weighted by molar-refractivity contribution is 5.85. The summed E-state index contributed by atoms with van der Waals surface area (Å²) >= 11 is 0. The predicted octanol–water partition coefficient (Wildman–Crippen LogP) is 9.30. The Hall–Kier alpha value is -2.08. The van der Waals surface area contributed by atoms with Crippen molar-refractivity contribution in [3.63, 3.8) is 0 Å². The van der Waals surface area contributed by atoms with Gasteiger partial charge >= 0.3 is 17.9 Å². The Morgan fingerprint density at radius 3 is 1.20 bits per heavy atom. The zero-order valence-electron chi connectivity index (χ0n) is 39.8. The zero-order valence-corrected chi connectivity index (χ0v) is 39.8. The first-order valence-corrected chi connectivity index (χ1v) is 23.9. The molecule has 3 saturated heterocycles. The summed E-state index contributed by atoms with van der Waals surface area (Å²) in [4.78, 5) is 58.1. The molecular formula is C50H80O11. The first-order chi connectivity index (χ1) is 28.0. The molecule has 0 aromatic heterocycles. The highest BCUT2D eigenvalue weighted by atomic mass is 16.6. The van der Waals surface area contributed by atoms with Crippen molar-refractivity contribution in [1.82, 2.24) is 0 Å². The summed E-state index contributed by atoms with van der Waals surface area (Å²) < 4.78 is 37.1. The van der Waals surface area contributed by atoms with Crippen LogP contribution < -0.4 is 0 Å². The van der Waals surface area contributed by atoms with Crippen molar-refractivity contribution >= 4 is 23.7 Å². The minimum atomic E-state index is -1.46. The Morgan fingerprint density at radius 2 is 0.820 bits per heavy atom. The van der Waals surface area contributed by atoms with Gasteiger partial charge < -0.3 is 33.5 Å². The largest absolute Gasteiger partial charge is 0.459 e. The lowest BCUT2D eigenvalue weighted by Gasteiger charge is -2.42. The minimum Gasteiger partial charge on any atom is -0.459 e. The molecule has 0 spiro atoms. The zero-order chi connectivity index (χ0) is 44.8. The second kappa shape index (κ2) is 15.8. The van der Waals surface area contributed by atoms with Crippen LogP contribution in [-0.4, -0.2) is 86.3 Å². The summed E-state index contributed by atoms with van der Waals surface area (Å²) in [6.07, 6.45) is 10.0. The maximum Gasteiger partial charge on any atom is 0.306 e. The Kier molecular flexibility index (Phi) is 12.2. The fraction of sp³-hybridized carbons (Fsp3) is 0.920. The Bertz CT molecular complexity index is 1550. The van der Waals surface area contributed by atoms with Gasteiger partial charge in [0.15, 0.2) is 0 Å². The lowest BCUT2D eigenvalue weighted by atomic mass is 9.65. The molecule has 11 heteroatoms. The van der Waals surface area contributed by atoms with Crippen molar-refractivity contribution in [3.8, 4) is 0 Å². The molecule has 346 valence electrons. The lowest BCUT2D eigenvalue weighted by Crippen LogP contribution is -2.45. The molecule has 0 aromatic rings. The second-order valence-electron chi connectivity index (χ2n) is 24.6. The molecule has 9 atom stereocenters. The summed E-state index contributed by atoms with van der Waals surface area (Å²) in [7, 11) is 0. The van der Waals surface area contributed by atoms with E-state index in [1.807, 2.05) is 48.5 Å². The van der Waals surface area contributed by atoms with Crippen LogP contribution >= 0.6 is 0 Å². The molecule has 9 unspecified atom stereocenters. The average molecular weight is 857 g/mol. The van der Waals surface area contributed by atoms with E-state index in [0.717, 1.165) is 57.8 Å². The van der Waals surface area contributed by atoms with E-state index in [0.29, 0.717) is 25.7 Å². The van der Waals surface area contributed by atoms with Crippen LogP contribution in [0.3, 0.4) is 0 Å². The third kappa shape index (κ3) is 10.6. The van der Waals surface area contributed by atoms with Crippen LogP contribution in [0.5, 0.6) is 0 Å². The topological polar surface area (TPSA) is 154 Å². The van der Waals surface area contributed by atoms with Crippen molar-refractivity contribution in [3.05, 3.63) is 0 Å². The van der Waals surface area contributed by atoms with Gasteiger partial charge in [-0.3, -0.25) is 19.2 Å². The quantitative estimate of drug-likeness (QED) is 0.0846. The van der Waals surface area contributed by atoms with Crippen molar-refractivity contribution in [1.29, 1.82) is 0 Å². The van der Waals surface area contributed by atoms with E-state index >= 15 is 0 Å². The number of carbonyl (C=O) groups is 4. The fourth-order valence-electron chi connectivity index (χ4n) is 12.5. The second-order valence-corrected chi connectivity index (χ2v) is 24.6. The van der Waals surface area contributed by atoms with Crippen LogP contribution in [0, 0.1) is 34.5 Å². The SMILES string of the molecule is CC1(O)CCC(C(C)(C)OC(=O)CC(CC(=O)CC(C)(C)C2CCC3(C)OC3C2)(CC(=O)OC(C)(C)C2CCC3(C)OC3C2)CC(=O)OC(C)(C)C2CCC3(C)OC3C2)CC1. The highest BCUT2D eigenvalue weighted by Crippen LogP contribution is 2.56. The molecule has 3 aliphatic heterocycles. The van der Waals surface area contributed by atoms with Gasteiger partial charge in [-0.25, -0.2) is 0 Å². The van der Waals surface area contributed by atoms with Crippen LogP contribution in [0.25, 0.3) is 0 Å². The lowest BCUT2D eigenvalue weighted by molar-refractivity contribution is -0.175. The number of esters is 3. The first kappa shape index (κ1) is 46.9. The third-order valence-corrected chi connectivity index (χ3v) is 17.6. The molecule has 0 amide bonds. The van der Waals surface area contributed by atoms with Gasteiger partial charge in [0.25, 0.3) is 0 Å². The van der Waals surface area contributed by atoms with Crippen molar-refractivity contribution in [2.75, 3.05) is 0 Å². The van der Waals surface area contributed by atoms with Crippen LogP contribution in [0.15, 0.2) is 0 Å². The first-order valence-electron chi connectivity index (χ1n) is 23.9. The molecule has 1 N–H and O–H groups in total. The van der Waals surface area contributed by atoms with E-state index in [1.165, 1.54) is 0 Å². The van der Waals surface area contributed by atoms with E-state index in [-0.39, 0.29) is 102 Å². The van der Waals surface area contributed by atoms with Crippen molar-refractivity contribution in [2.45, 2.75) is 256 Å². The monoisotopic (exact) mass is 857 g/mol. The standard InChI is InChI=1S/C50H80O11/c1-42(2,32-15-20-47(10)36(23-32)56-47)26-35(51)27-50(28-39(52)59-43(3,4)31-13-18-46(9,55)19-14-31,29-40(53)60-44(5,6)33-16-21-48(11)37(24-33)57-48)30-41(54)61-45(7,8)34-17-22-49(12)38(25-34)58-49/h31-34,36-38,55H,13-30H2,1-12H3. The molecule has 4 aliphatic carbocycles. The average Bonchev–Trinajstić information content (AvgIpc) is 4.04. The molecule has 0 aromatic carbocycles. The molecule has 11 nitrogen and oxygen atoms in total. The number of Topliss-reactive ketones (excluding diaryl/α,β-unsaturated/α-hetero) is 1. The van der Waals surface area contributed by atoms with Gasteiger partial charge in [-0.15, -0.1) is 0 Å². The summed E-state index contributed by atoms with van der Waals surface area (Å²) in [6.45, 7) is 24.1. The molecule has 0 bridgehead atoms. The fourth-order valence-corrected chi connectivity index (χ4v) is 12.5. The van der Waals surface area contributed by atoms with Gasteiger partial charge in [-0.05, 0) is 170 Å². The number of carbonyl (C=O) groups excluding carboxylic acids is 4. The third-order valence-electron chi connectivity index (χ3n) is 17.6. The van der Waals surface area contributed by atoms with Crippen LogP contribution in [0.1, 0.15) is 199 Å². The number of fused-ring (bicyclic) bond motifs is 3. The van der Waals surface area contributed by atoms with E-state index in [4.69, 9.17) is 28.4 Å². The smallest absolute Gasteiger partial charge is 0.306 e. The molecule has 61 heavy (non-hydrogen) atoms. The number of epoxide rings is 3. The van der Waals surface area contributed by atoms with Crippen LogP contribution in [0.4, 0.5) is 0 Å². The molecular weight excluding hydrogens is 777 g/mol. The van der Waals surface area contributed by atoms with Crippen molar-refractivity contribution < 1.29 is 52.7 Å². The van der Waals surface area contributed by atoms with E-state index in [2.05, 4.69) is 34.6 Å². The maximum atomic E-state index is 14.7. The molecule has 0 radical (unpaired) electrons. The number of aliphatic hydroxyl groups is 1. The van der Waals surface area contributed by atoms with Gasteiger partial charge in [-0.1, -0.05) is 13.8 Å². The van der Waals surface area contributed by atoms with Gasteiger partial charge in [-0.2, -0.15) is 0 Å². The summed E-state index contributed by atoms with van der Waals surface area (Å²) in [5, 5.41) is 10.7. The molecule has 3 heterocycles. The normalized spacial score (nSPS) is 39.3. The van der Waals surface area contributed by atoms with Crippen molar-refractivity contribution in [2.24, 2.45) is 34.5 Å². The molecule has 7 aliphatic rings. The maximum absolute atomic E-state index is 14.7. The Morgan fingerprint density at radius 1 is 0.492 bits per heavy atom. The molecule has 7 fully saturated rings. The summed E-state index contributed by atoms with van der Waals surface area (Å²) in [6, 6.07) is 0. The van der Waals surface area contributed by atoms with E-state index in [1.54, 1.807) is 0 Å². The number of ether oxygens (including phenoxy) is 6. The minimum absolute atomic E-state index is 0.0124. The number of rotatable bonds is 17. The predicted molar refractivity (Wildman–Crippen MR) is 229 cm³/mol. The van der Waals surface area contributed by atoms with Gasteiger partial charge in [0.05, 0.1) is 60.0 Å².